The number of carbonyl (C=O) groups excluding carboxylic acids is 3. The van der Waals surface area contributed by atoms with Gasteiger partial charge in [-0.15, -0.1) is 11.6 Å². The Hall–Kier alpha value is -4.72. The van der Waals surface area contributed by atoms with Crippen molar-refractivity contribution in [3.63, 3.8) is 0 Å². The highest BCUT2D eigenvalue weighted by Crippen LogP contribution is 2.74. The highest BCUT2D eigenvalue weighted by molar-refractivity contribution is 6.26. The van der Waals surface area contributed by atoms with Gasteiger partial charge in [-0.25, -0.2) is 4.68 Å². The lowest BCUT2D eigenvalue weighted by atomic mass is 9.47. The lowest BCUT2D eigenvalue weighted by molar-refractivity contribution is -0.181. The maximum Gasteiger partial charge on any atom is 0.326 e. The molecule has 6 atom stereocenters. The molecule has 14 heteroatoms. The Morgan fingerprint density at radius 2 is 1.86 bits per heavy atom. The number of halogens is 1. The number of hydrogen-bond acceptors (Lipinski definition) is 11. The number of rotatable bonds is 12. The number of aliphatic hydroxyl groups is 1. The molecule has 5 heterocycles. The minimum absolute atomic E-state index is 0.0354. The molecule has 3 N–H and O–H groups in total. The molecule has 4 fully saturated rings. The summed E-state index contributed by atoms with van der Waals surface area (Å²) >= 11 is 6.13. The molecule has 6 unspecified atom stereocenters. The van der Waals surface area contributed by atoms with E-state index in [-0.39, 0.29) is 42.9 Å². The van der Waals surface area contributed by atoms with Crippen LogP contribution < -0.4 is 24.8 Å². The third-order valence-electron chi connectivity index (χ3n) is 12.6. The Bertz CT molecular complexity index is 2280. The number of carbonyl (C=O) groups is 3. The molecule has 1 amide bonds. The molecule has 7 aliphatic rings. The van der Waals surface area contributed by atoms with Crippen molar-refractivity contribution in [2.45, 2.75) is 116 Å². The van der Waals surface area contributed by atoms with Crippen molar-refractivity contribution < 1.29 is 38.4 Å². The fraction of sp³-hybridized carbons (Fsp3) is 0.523. The van der Waals surface area contributed by atoms with E-state index < -0.39 is 46.2 Å². The zero-order chi connectivity index (χ0) is 41.5. The molecule has 9 rings (SSSR count). The number of amides is 1. The summed E-state index contributed by atoms with van der Waals surface area (Å²) in [4.78, 5) is 46.4. The Morgan fingerprint density at radius 3 is 2.57 bits per heavy atom. The number of nitrogens with one attached hydrogen (secondary N) is 2. The highest BCUT2D eigenvalue weighted by atomic mass is 35.5. The van der Waals surface area contributed by atoms with Gasteiger partial charge in [0.1, 0.15) is 29.3 Å². The number of esters is 1. The Balaban J connectivity index is 1.43. The SMILES string of the molecule is CC(C)=CCCC1(C)C=Cc2c(c(CC=C(C)C)c3c(c2OC(=O)CCl)C2=C4C(C5CC6C(C)(C)OC(C/C=C(/C)C(=O)NCCO)(C5=O)C46O3)n3ncnc3N2)O1. The molecule has 3 saturated carbocycles. The van der Waals surface area contributed by atoms with Gasteiger partial charge >= 0.3 is 5.97 Å². The Labute approximate surface area is 343 Å². The van der Waals surface area contributed by atoms with Gasteiger partial charge in [0.25, 0.3) is 0 Å². The van der Waals surface area contributed by atoms with E-state index in [2.05, 4.69) is 46.7 Å². The van der Waals surface area contributed by atoms with Gasteiger partial charge in [0.05, 0.1) is 35.1 Å². The van der Waals surface area contributed by atoms with E-state index in [9.17, 15) is 14.7 Å². The quantitative estimate of drug-likeness (QED) is 0.0700. The number of fused-ring (bicyclic) bond motifs is 4. The standard InChI is InChI=1S/C44H52ClN5O8/c1-23(2)10-9-15-42(8)16-14-27-35(56-42)26(12-11-24(3)4)37-31(36(27)55-30(52)21-45)33-32-34(50-40(49-33)47-22-48-50)28-20-29-41(6,7)58-43(38(28)53,44(29,32)57-37)17-13-25(5)39(54)46-18-19-51/h10-11,13-14,16,22,28-29,34,51H,9,12,15,17-21H2,1-8H3,(H,46,54)(H,47,48,49)/b25-13-. The average Bonchev–Trinajstić information content (AvgIpc) is 3.70. The summed E-state index contributed by atoms with van der Waals surface area (Å²) in [5.74, 6) is -0.891. The summed E-state index contributed by atoms with van der Waals surface area (Å²) < 4.78 is 29.9. The highest BCUT2D eigenvalue weighted by Gasteiger charge is 2.84. The lowest BCUT2D eigenvalue weighted by Gasteiger charge is -2.62. The first-order valence-corrected chi connectivity index (χ1v) is 20.6. The molecule has 1 aromatic heterocycles. The zero-order valence-electron chi connectivity index (χ0n) is 34.4. The van der Waals surface area contributed by atoms with Crippen LogP contribution in [0.3, 0.4) is 0 Å². The van der Waals surface area contributed by atoms with Crippen LogP contribution in [0, 0.1) is 11.8 Å². The number of anilines is 1. The summed E-state index contributed by atoms with van der Waals surface area (Å²) in [6.07, 6.45) is 13.8. The van der Waals surface area contributed by atoms with E-state index in [1.54, 1.807) is 17.7 Å². The number of aliphatic hydroxyl groups excluding tert-OH is 1. The fourth-order valence-corrected chi connectivity index (χ4v) is 10.2. The predicted octanol–water partition coefficient (Wildman–Crippen LogP) is 6.56. The van der Waals surface area contributed by atoms with E-state index in [1.807, 2.05) is 46.8 Å². The van der Waals surface area contributed by atoms with E-state index in [1.165, 1.54) is 11.9 Å². The number of nitrogens with zero attached hydrogens (tertiary/aromatic N) is 3. The van der Waals surface area contributed by atoms with E-state index in [0.29, 0.717) is 59.1 Å². The molecule has 308 valence electrons. The molecule has 0 radical (unpaired) electrons. The maximum atomic E-state index is 15.4. The first-order chi connectivity index (χ1) is 27.5. The van der Waals surface area contributed by atoms with Crippen molar-refractivity contribution >= 4 is 47.0 Å². The van der Waals surface area contributed by atoms with Gasteiger partial charge < -0.3 is 34.7 Å². The minimum atomic E-state index is -1.58. The molecule has 1 aromatic carbocycles. The van der Waals surface area contributed by atoms with Gasteiger partial charge in [-0.05, 0) is 93.2 Å². The predicted molar refractivity (Wildman–Crippen MR) is 219 cm³/mol. The second-order valence-corrected chi connectivity index (χ2v) is 17.8. The molecular weight excluding hydrogens is 762 g/mol. The van der Waals surface area contributed by atoms with Crippen LogP contribution in [0.5, 0.6) is 17.2 Å². The molecule has 2 aromatic rings. The topological polar surface area (TPSA) is 163 Å². The zero-order valence-corrected chi connectivity index (χ0v) is 35.1. The van der Waals surface area contributed by atoms with Crippen molar-refractivity contribution in [1.82, 2.24) is 20.1 Å². The van der Waals surface area contributed by atoms with Gasteiger partial charge in [0, 0.05) is 41.5 Å². The Kier molecular flexibility index (Phi) is 9.83. The van der Waals surface area contributed by atoms with E-state index in [4.69, 9.17) is 30.5 Å². The van der Waals surface area contributed by atoms with Crippen molar-refractivity contribution in [3.8, 4) is 17.2 Å². The molecule has 4 bridgehead atoms. The summed E-state index contributed by atoms with van der Waals surface area (Å²) in [7, 11) is 0. The summed E-state index contributed by atoms with van der Waals surface area (Å²) in [5, 5.41) is 20.3. The minimum Gasteiger partial charge on any atom is -0.482 e. The molecule has 1 saturated heterocycles. The van der Waals surface area contributed by atoms with Gasteiger partial charge in [-0.1, -0.05) is 29.4 Å². The van der Waals surface area contributed by atoms with Gasteiger partial charge in [-0.2, -0.15) is 10.1 Å². The number of Topliss-reactive ketones (excluding diaryl/α,β-unsaturated/α-hetero) is 1. The Morgan fingerprint density at radius 1 is 1.10 bits per heavy atom. The lowest BCUT2D eigenvalue weighted by Crippen LogP contribution is -2.75. The third-order valence-corrected chi connectivity index (χ3v) is 12.9. The number of allylic oxidation sites excluding steroid dienone is 4. The number of hydrogen-bond donors (Lipinski definition) is 3. The fourth-order valence-electron chi connectivity index (χ4n) is 10.1. The maximum absolute atomic E-state index is 15.4. The monoisotopic (exact) mass is 813 g/mol. The number of ketones is 1. The van der Waals surface area contributed by atoms with Gasteiger partial charge in [-0.3, -0.25) is 14.4 Å². The molecule has 1 spiro atoms. The van der Waals surface area contributed by atoms with Crippen molar-refractivity contribution in [2.24, 2.45) is 11.8 Å². The smallest absolute Gasteiger partial charge is 0.326 e. The molecular formula is C44H52ClN5O8. The van der Waals surface area contributed by atoms with E-state index in [0.717, 1.165) is 23.1 Å². The first-order valence-electron chi connectivity index (χ1n) is 20.1. The number of alkyl halides is 1. The van der Waals surface area contributed by atoms with Crippen LogP contribution in [-0.2, 0) is 25.5 Å². The van der Waals surface area contributed by atoms with Crippen LogP contribution in [0.1, 0.15) is 104 Å². The number of aromatic nitrogens is 3. The van der Waals surface area contributed by atoms with Crippen LogP contribution in [-0.4, -0.2) is 79.0 Å². The van der Waals surface area contributed by atoms with Crippen LogP contribution in [0.25, 0.3) is 11.8 Å². The molecule has 58 heavy (non-hydrogen) atoms. The largest absolute Gasteiger partial charge is 0.482 e. The van der Waals surface area contributed by atoms with Crippen LogP contribution in [0.15, 0.2) is 52.9 Å². The van der Waals surface area contributed by atoms with Crippen molar-refractivity contribution in [3.05, 3.63) is 69.6 Å². The van der Waals surface area contributed by atoms with Crippen molar-refractivity contribution in [1.29, 1.82) is 0 Å². The first kappa shape index (κ1) is 40.1. The van der Waals surface area contributed by atoms with E-state index >= 15 is 4.79 Å². The van der Waals surface area contributed by atoms with Crippen LogP contribution in [0.4, 0.5) is 5.95 Å². The number of benzene rings is 1. The van der Waals surface area contributed by atoms with Crippen LogP contribution in [0.2, 0.25) is 0 Å². The summed E-state index contributed by atoms with van der Waals surface area (Å²) in [6, 6.07) is -0.590. The molecule has 3 aliphatic carbocycles. The number of ether oxygens (including phenoxy) is 4. The summed E-state index contributed by atoms with van der Waals surface area (Å²) in [5.41, 5.74) is 1.25. The summed E-state index contributed by atoms with van der Waals surface area (Å²) in [6.45, 7) is 15.8. The second kappa shape index (κ2) is 14.2. The van der Waals surface area contributed by atoms with Crippen LogP contribution >= 0.6 is 11.6 Å². The van der Waals surface area contributed by atoms with Crippen molar-refractivity contribution in [2.75, 3.05) is 24.3 Å². The van der Waals surface area contributed by atoms with Gasteiger partial charge in [0.15, 0.2) is 22.7 Å². The third kappa shape index (κ3) is 5.90. The molecule has 13 nitrogen and oxygen atoms in total. The van der Waals surface area contributed by atoms with Gasteiger partial charge in [0.2, 0.25) is 11.9 Å². The molecule has 4 aliphatic heterocycles. The normalized spacial score (nSPS) is 28.9. The second-order valence-electron chi connectivity index (χ2n) is 17.5. The average molecular weight is 814 g/mol.